The number of nitrogens with one attached hydrogen (secondary N) is 2. The Kier molecular flexibility index (Phi) is 4.44. The summed E-state index contributed by atoms with van der Waals surface area (Å²) >= 11 is 1.10. The highest BCUT2D eigenvalue weighted by atomic mass is 32.2. The first-order valence-corrected chi connectivity index (χ1v) is 9.39. The molecule has 3 aromatic rings. The Morgan fingerprint density at radius 3 is 2.88 bits per heavy atom. The molecule has 0 spiro atoms. The summed E-state index contributed by atoms with van der Waals surface area (Å²) in [5.74, 6) is -1.23. The molecule has 0 bridgehead atoms. The summed E-state index contributed by atoms with van der Waals surface area (Å²) in [5.41, 5.74) is 1.32. The fourth-order valence-corrected chi connectivity index (χ4v) is 4.87. The fraction of sp³-hybridized carbons (Fsp3) is 0.143. The summed E-state index contributed by atoms with van der Waals surface area (Å²) in [6.07, 6.45) is 3.29. The molecule has 0 aliphatic rings. The largest absolute Gasteiger partial charge is 0.480 e. The van der Waals surface area contributed by atoms with Crippen LogP contribution >= 0.6 is 11.3 Å². The van der Waals surface area contributed by atoms with Crippen LogP contribution in [0.2, 0.25) is 0 Å². The van der Waals surface area contributed by atoms with Crippen LogP contribution in [0.15, 0.2) is 40.9 Å². The minimum atomic E-state index is -3.88. The van der Waals surface area contributed by atoms with E-state index in [1.165, 1.54) is 6.07 Å². The highest BCUT2D eigenvalue weighted by Crippen LogP contribution is 2.19. The third-order valence-electron chi connectivity index (χ3n) is 3.54. The molecule has 0 fully saturated rings. The van der Waals surface area contributed by atoms with Gasteiger partial charge in [0.05, 0.1) is 0 Å². The molecule has 0 amide bonds. The van der Waals surface area contributed by atoms with Gasteiger partial charge in [-0.25, -0.2) is 13.4 Å². The molecule has 0 saturated heterocycles. The zero-order valence-corrected chi connectivity index (χ0v) is 14.3. The van der Waals surface area contributed by atoms with E-state index in [2.05, 4.69) is 14.7 Å². The zero-order chi connectivity index (χ0) is 17.3. The van der Waals surface area contributed by atoms with Crippen LogP contribution < -0.4 is 9.50 Å². The van der Waals surface area contributed by atoms with Crippen molar-refractivity contribution in [3.05, 3.63) is 42.2 Å². The van der Waals surface area contributed by atoms with Gasteiger partial charge in [-0.3, -0.25) is 4.79 Å². The fourth-order valence-electron chi connectivity index (χ4n) is 2.38. The molecular formula is C14H14BN3O4S2. The van der Waals surface area contributed by atoms with Crippen LogP contribution in [0.25, 0.3) is 11.0 Å². The maximum atomic E-state index is 12.4. The average molecular weight is 363 g/mol. The quantitative estimate of drug-likeness (QED) is 0.528. The molecule has 3 aromatic heterocycles. The minimum absolute atomic E-state index is 0.0185. The highest BCUT2D eigenvalue weighted by molar-refractivity contribution is 7.91. The van der Waals surface area contributed by atoms with Crippen LogP contribution in [0.3, 0.4) is 0 Å². The first kappa shape index (κ1) is 16.7. The van der Waals surface area contributed by atoms with Crippen LogP contribution in [0, 0.1) is 0 Å². The normalized spacial score (nSPS) is 13.2. The summed E-state index contributed by atoms with van der Waals surface area (Å²) in [6.45, 7) is 0. The number of sulfonamides is 1. The molecule has 124 valence electrons. The number of fused-ring (bicyclic) bond motifs is 1. The molecule has 3 heterocycles. The standard InChI is InChI=1S/C14H14BN3O4S2/c15-11-3-4-12(23-11)24(21,22)18-10(14(19)20)6-8-7-17-13-9(8)2-1-5-16-13/h1-5,7,10,18H,6,15H2,(H,16,17)(H,19,20)/t10-/m0/s1. The zero-order valence-electron chi connectivity index (χ0n) is 12.7. The maximum Gasteiger partial charge on any atom is 0.322 e. The van der Waals surface area contributed by atoms with Gasteiger partial charge in [-0.1, -0.05) is 6.07 Å². The summed E-state index contributed by atoms with van der Waals surface area (Å²) in [4.78, 5) is 18.6. The third-order valence-corrected chi connectivity index (χ3v) is 6.50. The summed E-state index contributed by atoms with van der Waals surface area (Å²) < 4.78 is 28.0. The van der Waals surface area contributed by atoms with Crippen molar-refractivity contribution in [2.24, 2.45) is 0 Å². The van der Waals surface area contributed by atoms with E-state index in [0.29, 0.717) is 11.2 Å². The SMILES string of the molecule is Bc1ccc(S(=O)(=O)N[C@@H](Cc2c[nH]c3ncccc23)C(=O)O)s1. The lowest BCUT2D eigenvalue weighted by Crippen LogP contribution is -2.42. The number of hydrogen-bond acceptors (Lipinski definition) is 5. The second-order valence-electron chi connectivity index (χ2n) is 5.29. The van der Waals surface area contributed by atoms with E-state index in [9.17, 15) is 18.3 Å². The molecule has 3 rings (SSSR count). The van der Waals surface area contributed by atoms with Gasteiger partial charge in [-0.05, 0) is 28.5 Å². The Morgan fingerprint density at radius 1 is 1.42 bits per heavy atom. The monoisotopic (exact) mass is 363 g/mol. The van der Waals surface area contributed by atoms with Gasteiger partial charge in [0.2, 0.25) is 0 Å². The molecule has 0 unspecified atom stereocenters. The van der Waals surface area contributed by atoms with Gasteiger partial charge in [0, 0.05) is 24.2 Å². The average Bonchev–Trinajstić information content (AvgIpc) is 3.14. The Morgan fingerprint density at radius 2 is 2.21 bits per heavy atom. The van der Waals surface area contributed by atoms with E-state index in [0.717, 1.165) is 21.5 Å². The summed E-state index contributed by atoms with van der Waals surface area (Å²) in [7, 11) is -2.09. The van der Waals surface area contributed by atoms with Crippen LogP contribution in [0.1, 0.15) is 5.56 Å². The maximum absolute atomic E-state index is 12.4. The number of nitrogens with zero attached hydrogens (tertiary/aromatic N) is 1. The lowest BCUT2D eigenvalue weighted by Gasteiger charge is -2.13. The van der Waals surface area contributed by atoms with E-state index in [4.69, 9.17) is 0 Å². The number of carboxylic acid groups (broad SMARTS) is 1. The van der Waals surface area contributed by atoms with Crippen molar-refractivity contribution in [3.8, 4) is 0 Å². The van der Waals surface area contributed by atoms with Crippen molar-refractivity contribution in [2.75, 3.05) is 0 Å². The molecule has 0 radical (unpaired) electrons. The van der Waals surface area contributed by atoms with Crippen LogP contribution in [0.5, 0.6) is 0 Å². The lowest BCUT2D eigenvalue weighted by atomic mass is 10.1. The van der Waals surface area contributed by atoms with Gasteiger partial charge >= 0.3 is 5.97 Å². The molecule has 7 nitrogen and oxygen atoms in total. The van der Waals surface area contributed by atoms with Gasteiger partial charge < -0.3 is 10.1 Å². The van der Waals surface area contributed by atoms with Crippen LogP contribution in [-0.4, -0.2) is 43.3 Å². The van der Waals surface area contributed by atoms with Gasteiger partial charge in [0.25, 0.3) is 10.0 Å². The second kappa shape index (κ2) is 6.38. The molecular weight excluding hydrogens is 349 g/mol. The Hall–Kier alpha value is -2.17. The number of hydrogen-bond donors (Lipinski definition) is 3. The van der Waals surface area contributed by atoms with Crippen molar-refractivity contribution in [2.45, 2.75) is 16.7 Å². The van der Waals surface area contributed by atoms with Gasteiger partial charge in [0.1, 0.15) is 15.9 Å². The number of rotatable bonds is 6. The van der Waals surface area contributed by atoms with Crippen molar-refractivity contribution < 1.29 is 18.3 Å². The first-order valence-electron chi connectivity index (χ1n) is 7.09. The molecule has 10 heteroatoms. The Balaban J connectivity index is 1.87. The molecule has 0 saturated carbocycles. The van der Waals surface area contributed by atoms with Gasteiger partial charge in [-0.2, -0.15) is 4.72 Å². The van der Waals surface area contributed by atoms with Crippen molar-refractivity contribution >= 4 is 51.0 Å². The predicted molar refractivity (Wildman–Crippen MR) is 94.0 cm³/mol. The predicted octanol–water partition coefficient (Wildman–Crippen LogP) is -0.143. The first-order chi connectivity index (χ1) is 11.4. The molecule has 0 aromatic carbocycles. The van der Waals surface area contributed by atoms with Crippen LogP contribution in [0.4, 0.5) is 0 Å². The van der Waals surface area contributed by atoms with E-state index < -0.39 is 22.0 Å². The van der Waals surface area contributed by atoms with E-state index >= 15 is 0 Å². The number of H-pyrrole nitrogens is 1. The number of aromatic amines is 1. The number of aromatic nitrogens is 2. The third kappa shape index (κ3) is 3.35. The summed E-state index contributed by atoms with van der Waals surface area (Å²) in [5, 5.41) is 10.2. The number of pyridine rings is 1. The molecule has 0 aliphatic carbocycles. The second-order valence-corrected chi connectivity index (χ2v) is 8.52. The van der Waals surface area contributed by atoms with Gasteiger partial charge in [-0.15, -0.1) is 11.3 Å². The molecule has 1 atom stereocenters. The number of carboxylic acids is 1. The lowest BCUT2D eigenvalue weighted by molar-refractivity contribution is -0.138. The number of thiophene rings is 1. The molecule has 3 N–H and O–H groups in total. The van der Waals surface area contributed by atoms with Crippen molar-refractivity contribution in [3.63, 3.8) is 0 Å². The van der Waals surface area contributed by atoms with E-state index in [-0.39, 0.29) is 10.6 Å². The Labute approximate surface area is 143 Å². The minimum Gasteiger partial charge on any atom is -0.480 e. The van der Waals surface area contributed by atoms with E-state index in [1.54, 1.807) is 32.4 Å². The van der Waals surface area contributed by atoms with Crippen molar-refractivity contribution in [1.29, 1.82) is 0 Å². The van der Waals surface area contributed by atoms with Gasteiger partial charge in [0.15, 0.2) is 7.85 Å². The van der Waals surface area contributed by atoms with Crippen molar-refractivity contribution in [1.82, 2.24) is 14.7 Å². The van der Waals surface area contributed by atoms with E-state index in [1.807, 2.05) is 6.07 Å². The topological polar surface area (TPSA) is 112 Å². The Bertz CT molecular complexity index is 996. The number of carbonyl (C=O) groups is 1. The summed E-state index contributed by atoms with van der Waals surface area (Å²) in [6, 6.07) is 5.44. The van der Waals surface area contributed by atoms with Crippen LogP contribution in [-0.2, 0) is 21.2 Å². The highest BCUT2D eigenvalue weighted by Gasteiger charge is 2.27. The molecule has 0 aliphatic heterocycles. The molecule has 24 heavy (non-hydrogen) atoms. The smallest absolute Gasteiger partial charge is 0.322 e. The number of aliphatic carboxylic acids is 1.